The molecule has 0 bridgehead atoms. The predicted octanol–water partition coefficient (Wildman–Crippen LogP) is 3.12. The van der Waals surface area contributed by atoms with Crippen LogP contribution < -0.4 is 14.8 Å². The number of hydrogen-bond donors (Lipinski definition) is 1. The van der Waals surface area contributed by atoms with Crippen LogP contribution in [0, 0.1) is 0 Å². The molecule has 0 atom stereocenters. The molecule has 138 valence electrons. The maximum Gasteiger partial charge on any atom is 0.272 e. The van der Waals surface area contributed by atoms with E-state index < -0.39 is 0 Å². The molecule has 1 aliphatic rings. The van der Waals surface area contributed by atoms with Gasteiger partial charge in [-0.25, -0.2) is 4.98 Å². The van der Waals surface area contributed by atoms with Gasteiger partial charge in [0.2, 0.25) is 0 Å². The highest BCUT2D eigenvalue weighted by Crippen LogP contribution is 2.33. The summed E-state index contributed by atoms with van der Waals surface area (Å²) in [5.41, 5.74) is 3.65. The molecule has 0 aliphatic carbocycles. The molecule has 0 unspecified atom stereocenters. The second-order valence-electron chi connectivity index (χ2n) is 6.68. The van der Waals surface area contributed by atoms with E-state index in [1.54, 1.807) is 26.5 Å². The summed E-state index contributed by atoms with van der Waals surface area (Å²) in [6.07, 6.45) is 2.49. The van der Waals surface area contributed by atoms with E-state index in [4.69, 9.17) is 9.47 Å². The van der Waals surface area contributed by atoms with Gasteiger partial charge in [0.05, 0.1) is 26.1 Å². The smallest absolute Gasteiger partial charge is 0.272 e. The SMILES string of the molecule is COc1cc2c(cc1OC)CN(C(=O)c1ccc(NC(C)C)cn1)CC2. The van der Waals surface area contributed by atoms with Crippen LogP contribution in [-0.4, -0.2) is 42.6 Å². The van der Waals surface area contributed by atoms with Gasteiger partial charge in [-0.15, -0.1) is 0 Å². The molecule has 0 saturated heterocycles. The largest absolute Gasteiger partial charge is 0.493 e. The number of nitrogens with one attached hydrogen (secondary N) is 1. The lowest BCUT2D eigenvalue weighted by Crippen LogP contribution is -2.36. The Kier molecular flexibility index (Phi) is 5.30. The standard InChI is InChI=1S/C20H25N3O3/c1-13(2)22-16-5-6-17(21-11-16)20(24)23-8-7-14-9-18(25-3)19(26-4)10-15(14)12-23/h5-6,9-11,13,22H,7-8,12H2,1-4H3. The molecule has 1 aromatic heterocycles. The van der Waals surface area contributed by atoms with Crippen LogP contribution in [0.25, 0.3) is 0 Å². The van der Waals surface area contributed by atoms with Crippen LogP contribution in [0.2, 0.25) is 0 Å². The minimum atomic E-state index is -0.0541. The molecule has 6 nitrogen and oxygen atoms in total. The summed E-state index contributed by atoms with van der Waals surface area (Å²) < 4.78 is 10.7. The zero-order chi connectivity index (χ0) is 18.7. The Morgan fingerprint density at radius 3 is 2.42 bits per heavy atom. The van der Waals surface area contributed by atoms with E-state index in [0.29, 0.717) is 30.6 Å². The molecule has 1 amide bonds. The molecular formula is C20H25N3O3. The molecule has 1 aliphatic heterocycles. The maximum atomic E-state index is 12.8. The third-order valence-electron chi connectivity index (χ3n) is 4.44. The monoisotopic (exact) mass is 355 g/mol. The van der Waals surface area contributed by atoms with Crippen LogP contribution in [0.5, 0.6) is 11.5 Å². The van der Waals surface area contributed by atoms with Gasteiger partial charge in [0, 0.05) is 19.1 Å². The van der Waals surface area contributed by atoms with E-state index in [-0.39, 0.29) is 5.91 Å². The van der Waals surface area contributed by atoms with Gasteiger partial charge in [-0.2, -0.15) is 0 Å². The summed E-state index contributed by atoms with van der Waals surface area (Å²) in [7, 11) is 3.25. The highest BCUT2D eigenvalue weighted by atomic mass is 16.5. The van der Waals surface area contributed by atoms with Gasteiger partial charge in [0.15, 0.2) is 11.5 Å². The molecule has 1 N–H and O–H groups in total. The highest BCUT2D eigenvalue weighted by molar-refractivity contribution is 5.92. The van der Waals surface area contributed by atoms with E-state index >= 15 is 0 Å². The van der Waals surface area contributed by atoms with E-state index in [9.17, 15) is 4.79 Å². The molecule has 26 heavy (non-hydrogen) atoms. The van der Waals surface area contributed by atoms with Crippen molar-refractivity contribution in [3.05, 3.63) is 47.3 Å². The number of nitrogens with zero attached hydrogens (tertiary/aromatic N) is 2. The normalized spacial score (nSPS) is 13.3. The molecule has 0 fully saturated rings. The number of methoxy groups -OCH3 is 2. The fraction of sp³-hybridized carbons (Fsp3) is 0.400. The Hall–Kier alpha value is -2.76. The Morgan fingerprint density at radius 1 is 1.15 bits per heavy atom. The van der Waals surface area contributed by atoms with Gasteiger partial charge in [-0.05, 0) is 55.7 Å². The highest BCUT2D eigenvalue weighted by Gasteiger charge is 2.24. The number of hydrogen-bond acceptors (Lipinski definition) is 5. The number of carbonyl (C=O) groups is 1. The van der Waals surface area contributed by atoms with E-state index in [1.165, 1.54) is 5.56 Å². The summed E-state index contributed by atoms with van der Waals surface area (Å²) >= 11 is 0. The number of anilines is 1. The lowest BCUT2D eigenvalue weighted by Gasteiger charge is -2.29. The first kappa shape index (κ1) is 18.0. The van der Waals surface area contributed by atoms with Crippen molar-refractivity contribution in [2.24, 2.45) is 0 Å². The van der Waals surface area contributed by atoms with Gasteiger partial charge in [0.1, 0.15) is 5.69 Å². The second-order valence-corrected chi connectivity index (χ2v) is 6.68. The molecule has 0 radical (unpaired) electrons. The fourth-order valence-corrected chi connectivity index (χ4v) is 3.16. The van der Waals surface area contributed by atoms with Crippen molar-refractivity contribution in [2.75, 3.05) is 26.1 Å². The molecule has 0 spiro atoms. The summed E-state index contributed by atoms with van der Waals surface area (Å²) in [6, 6.07) is 7.95. The lowest BCUT2D eigenvalue weighted by atomic mass is 9.98. The van der Waals surface area contributed by atoms with Crippen molar-refractivity contribution in [3.63, 3.8) is 0 Å². The average molecular weight is 355 g/mol. The first-order chi connectivity index (χ1) is 12.5. The fourth-order valence-electron chi connectivity index (χ4n) is 3.16. The average Bonchev–Trinajstić information content (AvgIpc) is 2.66. The van der Waals surface area contributed by atoms with Crippen LogP contribution in [0.15, 0.2) is 30.5 Å². The molecule has 1 aromatic carbocycles. The molecule has 6 heteroatoms. The van der Waals surface area contributed by atoms with Crippen molar-refractivity contribution in [1.29, 1.82) is 0 Å². The zero-order valence-electron chi connectivity index (χ0n) is 15.7. The minimum Gasteiger partial charge on any atom is -0.493 e. The number of aromatic nitrogens is 1. The van der Waals surface area contributed by atoms with Gasteiger partial charge in [-0.3, -0.25) is 4.79 Å². The van der Waals surface area contributed by atoms with Crippen LogP contribution in [0.1, 0.15) is 35.5 Å². The maximum absolute atomic E-state index is 12.8. The molecule has 3 rings (SSSR count). The number of amides is 1. The van der Waals surface area contributed by atoms with Gasteiger partial charge in [0.25, 0.3) is 5.91 Å². The van der Waals surface area contributed by atoms with Crippen molar-refractivity contribution >= 4 is 11.6 Å². The summed E-state index contributed by atoms with van der Waals surface area (Å²) in [6.45, 7) is 5.33. The van der Waals surface area contributed by atoms with E-state index in [1.807, 2.05) is 23.1 Å². The number of ether oxygens (including phenoxy) is 2. The van der Waals surface area contributed by atoms with Crippen LogP contribution in [0.4, 0.5) is 5.69 Å². The first-order valence-corrected chi connectivity index (χ1v) is 8.77. The predicted molar refractivity (Wildman–Crippen MR) is 101 cm³/mol. The van der Waals surface area contributed by atoms with Crippen molar-refractivity contribution < 1.29 is 14.3 Å². The first-order valence-electron chi connectivity index (χ1n) is 8.77. The lowest BCUT2D eigenvalue weighted by molar-refractivity contribution is 0.0728. The summed E-state index contributed by atoms with van der Waals surface area (Å²) in [4.78, 5) is 19.0. The second kappa shape index (κ2) is 7.64. The molecule has 2 heterocycles. The molecule has 2 aromatic rings. The summed E-state index contributed by atoms with van der Waals surface area (Å²) in [5, 5.41) is 3.27. The minimum absolute atomic E-state index is 0.0541. The number of carbonyl (C=O) groups excluding carboxylic acids is 1. The van der Waals surface area contributed by atoms with E-state index in [2.05, 4.69) is 24.1 Å². The topological polar surface area (TPSA) is 63.7 Å². The van der Waals surface area contributed by atoms with Gasteiger partial charge < -0.3 is 19.7 Å². The van der Waals surface area contributed by atoms with Crippen molar-refractivity contribution in [1.82, 2.24) is 9.88 Å². The Morgan fingerprint density at radius 2 is 1.85 bits per heavy atom. The van der Waals surface area contributed by atoms with Crippen LogP contribution in [-0.2, 0) is 13.0 Å². The number of fused-ring (bicyclic) bond motifs is 1. The molecular weight excluding hydrogens is 330 g/mol. The Labute approximate surface area is 154 Å². The summed E-state index contributed by atoms with van der Waals surface area (Å²) in [5.74, 6) is 1.35. The Bertz CT molecular complexity index is 788. The third-order valence-corrected chi connectivity index (χ3v) is 4.44. The number of pyridine rings is 1. The van der Waals surface area contributed by atoms with Crippen LogP contribution >= 0.6 is 0 Å². The number of benzene rings is 1. The van der Waals surface area contributed by atoms with Crippen molar-refractivity contribution in [3.8, 4) is 11.5 Å². The quantitative estimate of drug-likeness (QED) is 0.893. The third kappa shape index (κ3) is 3.74. The zero-order valence-corrected chi connectivity index (χ0v) is 15.7. The van der Waals surface area contributed by atoms with Gasteiger partial charge in [-0.1, -0.05) is 0 Å². The van der Waals surface area contributed by atoms with Gasteiger partial charge >= 0.3 is 0 Å². The van der Waals surface area contributed by atoms with Crippen molar-refractivity contribution in [2.45, 2.75) is 32.9 Å². The van der Waals surface area contributed by atoms with E-state index in [0.717, 1.165) is 23.4 Å². The van der Waals surface area contributed by atoms with Crippen LogP contribution in [0.3, 0.4) is 0 Å². The molecule has 0 saturated carbocycles. The number of rotatable bonds is 5. The Balaban J connectivity index is 1.76.